The third-order valence-electron chi connectivity index (χ3n) is 2.22. The second-order valence-corrected chi connectivity index (χ2v) is 3.94. The highest BCUT2D eigenvalue weighted by Gasteiger charge is 2.12. The SMILES string of the molecule is C#CCCCCNc1cc(Cl)ccc1[N+](=O)[O-]. The summed E-state index contributed by atoms with van der Waals surface area (Å²) in [5, 5.41) is 14.2. The molecule has 17 heavy (non-hydrogen) atoms. The monoisotopic (exact) mass is 252 g/mol. The number of nitrogens with zero attached hydrogens (tertiary/aromatic N) is 1. The lowest BCUT2D eigenvalue weighted by molar-refractivity contribution is -0.384. The van der Waals surface area contributed by atoms with Crippen LogP contribution in [0.15, 0.2) is 18.2 Å². The minimum atomic E-state index is -0.430. The van der Waals surface area contributed by atoms with Crippen molar-refractivity contribution >= 4 is 23.0 Å². The highest BCUT2D eigenvalue weighted by atomic mass is 35.5. The fourth-order valence-corrected chi connectivity index (χ4v) is 1.56. The van der Waals surface area contributed by atoms with E-state index in [9.17, 15) is 10.1 Å². The largest absolute Gasteiger partial charge is 0.379 e. The van der Waals surface area contributed by atoms with Crippen LogP contribution in [0.3, 0.4) is 0 Å². The van der Waals surface area contributed by atoms with Gasteiger partial charge in [-0.15, -0.1) is 12.3 Å². The van der Waals surface area contributed by atoms with E-state index in [1.807, 2.05) is 0 Å². The first-order valence-electron chi connectivity index (χ1n) is 5.26. The van der Waals surface area contributed by atoms with E-state index in [0.29, 0.717) is 17.3 Å². The summed E-state index contributed by atoms with van der Waals surface area (Å²) in [6.07, 6.45) is 7.62. The van der Waals surface area contributed by atoms with Gasteiger partial charge in [0.05, 0.1) is 4.92 Å². The molecule has 5 heteroatoms. The lowest BCUT2D eigenvalue weighted by Gasteiger charge is -2.06. The molecule has 4 nitrogen and oxygen atoms in total. The Hall–Kier alpha value is -1.73. The van der Waals surface area contributed by atoms with Crippen molar-refractivity contribution < 1.29 is 4.92 Å². The van der Waals surface area contributed by atoms with Gasteiger partial charge in [-0.25, -0.2) is 0 Å². The van der Waals surface area contributed by atoms with Gasteiger partial charge in [-0.3, -0.25) is 10.1 Å². The van der Waals surface area contributed by atoms with Crippen molar-refractivity contribution in [1.82, 2.24) is 0 Å². The fraction of sp³-hybridized carbons (Fsp3) is 0.333. The minimum Gasteiger partial charge on any atom is -0.379 e. The molecule has 0 heterocycles. The number of terminal acetylenes is 1. The first kappa shape index (κ1) is 13.3. The Morgan fingerprint density at radius 1 is 1.47 bits per heavy atom. The third-order valence-corrected chi connectivity index (χ3v) is 2.45. The summed E-state index contributed by atoms with van der Waals surface area (Å²) in [7, 11) is 0. The number of hydrogen-bond acceptors (Lipinski definition) is 3. The molecule has 0 saturated carbocycles. The Bertz CT molecular complexity index is 441. The molecule has 0 aliphatic carbocycles. The standard InChI is InChI=1S/C12H13ClN2O2/c1-2-3-4-5-8-14-11-9-10(13)6-7-12(11)15(16)17/h1,6-7,9,14H,3-5,8H2. The molecule has 1 N–H and O–H groups in total. The first-order chi connectivity index (χ1) is 8.15. The summed E-state index contributed by atoms with van der Waals surface area (Å²) in [5.74, 6) is 2.55. The van der Waals surface area contributed by atoms with Crippen molar-refractivity contribution in [3.05, 3.63) is 33.3 Å². The van der Waals surface area contributed by atoms with Gasteiger partial charge in [-0.2, -0.15) is 0 Å². The summed E-state index contributed by atoms with van der Waals surface area (Å²) in [6.45, 7) is 0.642. The predicted octanol–water partition coefficient (Wildman–Crippen LogP) is 3.46. The van der Waals surface area contributed by atoms with Gasteiger partial charge in [-0.05, 0) is 25.0 Å². The van der Waals surface area contributed by atoms with Crippen LogP contribution in [0.2, 0.25) is 5.02 Å². The second-order valence-electron chi connectivity index (χ2n) is 3.51. The van der Waals surface area contributed by atoms with Crippen LogP contribution in [0.5, 0.6) is 0 Å². The van der Waals surface area contributed by atoms with Crippen molar-refractivity contribution in [3.8, 4) is 12.3 Å². The number of rotatable bonds is 6. The van der Waals surface area contributed by atoms with Gasteiger partial charge in [0.25, 0.3) is 5.69 Å². The molecule has 0 aliphatic rings. The smallest absolute Gasteiger partial charge is 0.292 e. The quantitative estimate of drug-likeness (QED) is 0.365. The Morgan fingerprint density at radius 2 is 2.24 bits per heavy atom. The number of hydrogen-bond donors (Lipinski definition) is 1. The van der Waals surface area contributed by atoms with Gasteiger partial charge in [0, 0.05) is 24.1 Å². The van der Waals surface area contributed by atoms with Gasteiger partial charge in [0.1, 0.15) is 5.69 Å². The molecule has 0 atom stereocenters. The second kappa shape index (κ2) is 6.77. The van der Waals surface area contributed by atoms with Crippen LogP contribution in [0, 0.1) is 22.5 Å². The molecule has 0 aliphatic heterocycles. The molecule has 0 unspecified atom stereocenters. The third kappa shape index (κ3) is 4.33. The average molecular weight is 253 g/mol. The van der Waals surface area contributed by atoms with E-state index in [-0.39, 0.29) is 5.69 Å². The van der Waals surface area contributed by atoms with Crippen LogP contribution in [-0.4, -0.2) is 11.5 Å². The lowest BCUT2D eigenvalue weighted by Crippen LogP contribution is -2.04. The fourth-order valence-electron chi connectivity index (χ4n) is 1.38. The maximum Gasteiger partial charge on any atom is 0.292 e. The molecular weight excluding hydrogens is 240 g/mol. The van der Waals surface area contributed by atoms with Crippen molar-refractivity contribution in [3.63, 3.8) is 0 Å². The zero-order chi connectivity index (χ0) is 12.7. The van der Waals surface area contributed by atoms with Crippen LogP contribution >= 0.6 is 11.6 Å². The number of nitro benzene ring substituents is 1. The van der Waals surface area contributed by atoms with Crippen LogP contribution in [0.4, 0.5) is 11.4 Å². The first-order valence-corrected chi connectivity index (χ1v) is 5.64. The van der Waals surface area contributed by atoms with E-state index in [2.05, 4.69) is 11.2 Å². The van der Waals surface area contributed by atoms with Crippen molar-refractivity contribution in [1.29, 1.82) is 0 Å². The lowest BCUT2D eigenvalue weighted by atomic mass is 10.2. The summed E-state index contributed by atoms with van der Waals surface area (Å²) in [6, 6.07) is 4.45. The molecule has 0 fully saturated rings. The molecule has 0 bridgehead atoms. The van der Waals surface area contributed by atoms with E-state index >= 15 is 0 Å². The van der Waals surface area contributed by atoms with E-state index in [4.69, 9.17) is 18.0 Å². The summed E-state index contributed by atoms with van der Waals surface area (Å²) in [4.78, 5) is 10.3. The maximum absolute atomic E-state index is 10.8. The Morgan fingerprint density at radius 3 is 2.88 bits per heavy atom. The van der Waals surface area contributed by atoms with Crippen LogP contribution < -0.4 is 5.32 Å². The van der Waals surface area contributed by atoms with Gasteiger partial charge in [0.15, 0.2) is 0 Å². The van der Waals surface area contributed by atoms with E-state index in [1.54, 1.807) is 6.07 Å². The summed E-state index contributed by atoms with van der Waals surface area (Å²) < 4.78 is 0. The van der Waals surface area contributed by atoms with Crippen LogP contribution in [0.1, 0.15) is 19.3 Å². The van der Waals surface area contributed by atoms with Crippen molar-refractivity contribution in [2.45, 2.75) is 19.3 Å². The van der Waals surface area contributed by atoms with E-state index in [1.165, 1.54) is 12.1 Å². The predicted molar refractivity (Wildman–Crippen MR) is 69.3 cm³/mol. The number of benzene rings is 1. The Balaban J connectivity index is 2.60. The normalized spacial score (nSPS) is 9.65. The Kier molecular flexibility index (Phi) is 5.31. The molecule has 1 aromatic rings. The molecule has 0 radical (unpaired) electrons. The number of nitro groups is 1. The van der Waals surface area contributed by atoms with Crippen molar-refractivity contribution in [2.75, 3.05) is 11.9 Å². The van der Waals surface area contributed by atoms with Crippen LogP contribution in [0.25, 0.3) is 0 Å². The molecule has 0 saturated heterocycles. The Labute approximate surface area is 105 Å². The molecule has 0 spiro atoms. The average Bonchev–Trinajstić information content (AvgIpc) is 2.28. The van der Waals surface area contributed by atoms with Gasteiger partial charge in [-0.1, -0.05) is 11.6 Å². The number of anilines is 1. The number of nitrogens with one attached hydrogen (secondary N) is 1. The van der Waals surface area contributed by atoms with E-state index in [0.717, 1.165) is 19.3 Å². The van der Waals surface area contributed by atoms with Crippen LogP contribution in [-0.2, 0) is 0 Å². The molecule has 90 valence electrons. The minimum absolute atomic E-state index is 0.0337. The highest BCUT2D eigenvalue weighted by Crippen LogP contribution is 2.27. The summed E-state index contributed by atoms with van der Waals surface area (Å²) in [5.41, 5.74) is 0.481. The molecular formula is C12H13ClN2O2. The zero-order valence-electron chi connectivity index (χ0n) is 9.28. The zero-order valence-corrected chi connectivity index (χ0v) is 10.0. The van der Waals surface area contributed by atoms with E-state index < -0.39 is 4.92 Å². The molecule has 1 aromatic carbocycles. The molecule has 1 rings (SSSR count). The molecule has 0 aromatic heterocycles. The van der Waals surface area contributed by atoms with Gasteiger partial charge in [0.2, 0.25) is 0 Å². The van der Waals surface area contributed by atoms with Gasteiger partial charge >= 0.3 is 0 Å². The molecule has 0 amide bonds. The topological polar surface area (TPSA) is 55.2 Å². The maximum atomic E-state index is 10.8. The van der Waals surface area contributed by atoms with Gasteiger partial charge < -0.3 is 5.32 Å². The highest BCUT2D eigenvalue weighted by molar-refractivity contribution is 6.31. The summed E-state index contributed by atoms with van der Waals surface area (Å²) >= 11 is 5.79. The number of halogens is 1. The van der Waals surface area contributed by atoms with Crippen molar-refractivity contribution in [2.24, 2.45) is 0 Å². The number of unbranched alkanes of at least 4 members (excludes halogenated alkanes) is 2.